The minimum Gasteiger partial charge on any atom is -0.491 e. The number of nitrogens with zero attached hydrogens (tertiary/aromatic N) is 2. The van der Waals surface area contributed by atoms with Gasteiger partial charge < -0.3 is 21.5 Å². The van der Waals surface area contributed by atoms with Gasteiger partial charge >= 0.3 is 0 Å². The summed E-state index contributed by atoms with van der Waals surface area (Å²) in [5.41, 5.74) is 13.3. The number of hydrogen-bond acceptors (Lipinski definition) is 5. The van der Waals surface area contributed by atoms with E-state index in [9.17, 15) is 9.59 Å². The van der Waals surface area contributed by atoms with E-state index in [2.05, 4.69) is 10.4 Å². The zero-order valence-electron chi connectivity index (χ0n) is 13.8. The predicted molar refractivity (Wildman–Crippen MR) is 95.0 cm³/mol. The number of fused-ring (bicyclic) bond motifs is 2. The summed E-state index contributed by atoms with van der Waals surface area (Å²) >= 11 is 0. The van der Waals surface area contributed by atoms with Gasteiger partial charge in [-0.05, 0) is 18.2 Å². The number of benzene rings is 1. The van der Waals surface area contributed by atoms with E-state index in [0.717, 1.165) is 0 Å². The van der Waals surface area contributed by atoms with Gasteiger partial charge in [0.1, 0.15) is 12.4 Å². The molecule has 26 heavy (non-hydrogen) atoms. The third kappa shape index (κ3) is 2.52. The molecule has 1 aliphatic heterocycles. The number of nitrogens with two attached hydrogens (primary N) is 2. The van der Waals surface area contributed by atoms with Gasteiger partial charge in [0.15, 0.2) is 0 Å². The van der Waals surface area contributed by atoms with Crippen LogP contribution in [0.2, 0.25) is 0 Å². The lowest BCUT2D eigenvalue weighted by Gasteiger charge is -2.33. The van der Waals surface area contributed by atoms with Crippen molar-refractivity contribution in [3.05, 3.63) is 59.9 Å². The van der Waals surface area contributed by atoms with E-state index in [-0.39, 0.29) is 12.2 Å². The Morgan fingerprint density at radius 1 is 1.19 bits per heavy atom. The predicted octanol–water partition coefficient (Wildman–Crippen LogP) is 0.875. The zero-order chi connectivity index (χ0) is 18.3. The maximum Gasteiger partial charge on any atom is 0.252 e. The van der Waals surface area contributed by atoms with E-state index >= 15 is 0 Å². The summed E-state index contributed by atoms with van der Waals surface area (Å²) in [6.45, 7) is 0.220. The lowest BCUT2D eigenvalue weighted by atomic mass is 9.88. The Labute approximate surface area is 148 Å². The number of aromatic nitrogens is 2. The van der Waals surface area contributed by atoms with E-state index in [1.807, 2.05) is 18.2 Å². The molecule has 0 radical (unpaired) electrons. The van der Waals surface area contributed by atoms with Gasteiger partial charge in [0, 0.05) is 11.8 Å². The summed E-state index contributed by atoms with van der Waals surface area (Å²) in [5, 5.41) is 7.40. The van der Waals surface area contributed by atoms with Crippen molar-refractivity contribution in [3.8, 4) is 5.75 Å². The monoisotopic (exact) mass is 351 g/mol. The lowest BCUT2D eigenvalue weighted by Crippen LogP contribution is -2.43. The van der Waals surface area contributed by atoms with Crippen LogP contribution in [0.15, 0.2) is 48.8 Å². The normalized spacial score (nSPS) is 18.8. The van der Waals surface area contributed by atoms with Crippen molar-refractivity contribution < 1.29 is 14.3 Å². The molecule has 4 rings (SSSR count). The van der Waals surface area contributed by atoms with E-state index in [4.69, 9.17) is 16.2 Å². The topological polar surface area (TPSA) is 125 Å². The zero-order valence-corrected chi connectivity index (χ0v) is 13.8. The van der Waals surface area contributed by atoms with Crippen molar-refractivity contribution in [2.24, 2.45) is 11.5 Å². The molecular weight excluding hydrogens is 334 g/mol. The first-order chi connectivity index (χ1) is 12.6. The van der Waals surface area contributed by atoms with Crippen LogP contribution in [0.3, 0.4) is 0 Å². The first kappa shape index (κ1) is 15.9. The average molecular weight is 351 g/mol. The van der Waals surface area contributed by atoms with Crippen LogP contribution < -0.4 is 21.5 Å². The lowest BCUT2D eigenvalue weighted by molar-refractivity contribution is -0.120. The number of amides is 2. The van der Waals surface area contributed by atoms with Gasteiger partial charge in [-0.25, -0.2) is 4.52 Å². The number of para-hydroxylation sites is 1. The molecule has 0 saturated carbocycles. The molecule has 2 aromatic heterocycles. The fourth-order valence-corrected chi connectivity index (χ4v) is 3.36. The van der Waals surface area contributed by atoms with Crippen molar-refractivity contribution >= 4 is 23.0 Å². The molecule has 0 bridgehead atoms. The summed E-state index contributed by atoms with van der Waals surface area (Å²) in [4.78, 5) is 24.0. The molecule has 0 aliphatic carbocycles. The van der Waals surface area contributed by atoms with Crippen LogP contribution in [0.5, 0.6) is 5.75 Å². The summed E-state index contributed by atoms with van der Waals surface area (Å²) in [7, 11) is 0. The fourth-order valence-electron chi connectivity index (χ4n) is 3.36. The van der Waals surface area contributed by atoms with Crippen LogP contribution in [0.25, 0.3) is 5.52 Å². The Morgan fingerprint density at radius 2 is 2.00 bits per heavy atom. The second-order valence-electron chi connectivity index (χ2n) is 6.12. The smallest absolute Gasteiger partial charge is 0.252 e. The largest absolute Gasteiger partial charge is 0.491 e. The Kier molecular flexibility index (Phi) is 3.72. The van der Waals surface area contributed by atoms with Crippen molar-refractivity contribution in [1.29, 1.82) is 0 Å². The van der Waals surface area contributed by atoms with Gasteiger partial charge in [-0.1, -0.05) is 18.2 Å². The van der Waals surface area contributed by atoms with Crippen LogP contribution in [-0.2, 0) is 4.79 Å². The molecule has 2 amide bonds. The standard InChI is InChI=1S/C18H17N5O3/c19-17(24)11-8-21-23-7-3-5-13(23)16(11)22-12-9-26-14-6-2-1-4-10(14)15(12)18(20)25/h1-8,12,15,22H,9H2,(H2,19,24)(H2,20,25). The molecule has 3 aromatic rings. The number of carbonyl (C=O) groups excluding carboxylic acids is 2. The molecule has 2 atom stereocenters. The molecule has 8 nitrogen and oxygen atoms in total. The maximum absolute atomic E-state index is 12.2. The van der Waals surface area contributed by atoms with Gasteiger partial charge in [-0.3, -0.25) is 9.59 Å². The van der Waals surface area contributed by atoms with E-state index in [1.54, 1.807) is 28.9 Å². The highest BCUT2D eigenvalue weighted by molar-refractivity contribution is 6.02. The fraction of sp³-hybridized carbons (Fsp3) is 0.167. The maximum atomic E-state index is 12.2. The number of anilines is 1. The molecule has 0 fully saturated rings. The first-order valence-electron chi connectivity index (χ1n) is 8.10. The molecule has 2 unspecified atom stereocenters. The molecule has 5 N–H and O–H groups in total. The number of hydrogen-bond donors (Lipinski definition) is 3. The molecule has 0 spiro atoms. The summed E-state index contributed by atoms with van der Waals surface area (Å²) < 4.78 is 7.39. The SMILES string of the molecule is NC(=O)c1cnn2cccc2c1NC1COc2ccccc2C1C(N)=O. The van der Waals surface area contributed by atoms with Crippen LogP contribution in [-0.4, -0.2) is 34.1 Å². The quantitative estimate of drug-likeness (QED) is 0.643. The van der Waals surface area contributed by atoms with Gasteiger partial charge in [0.2, 0.25) is 5.91 Å². The van der Waals surface area contributed by atoms with Crippen molar-refractivity contribution in [2.75, 3.05) is 11.9 Å². The molecule has 1 aromatic carbocycles. The first-order valence-corrected chi connectivity index (χ1v) is 8.10. The van der Waals surface area contributed by atoms with E-state index < -0.39 is 23.8 Å². The van der Waals surface area contributed by atoms with Gasteiger partial charge in [-0.15, -0.1) is 0 Å². The van der Waals surface area contributed by atoms with Crippen LogP contribution >= 0.6 is 0 Å². The minimum absolute atomic E-state index is 0.220. The number of carbonyl (C=O) groups is 2. The molecular formula is C18H17N5O3. The Balaban J connectivity index is 1.79. The Morgan fingerprint density at radius 3 is 2.77 bits per heavy atom. The second-order valence-corrected chi connectivity index (χ2v) is 6.12. The van der Waals surface area contributed by atoms with Crippen LogP contribution in [0, 0.1) is 0 Å². The number of nitrogens with one attached hydrogen (secondary N) is 1. The van der Waals surface area contributed by atoms with Crippen molar-refractivity contribution in [2.45, 2.75) is 12.0 Å². The average Bonchev–Trinajstić information content (AvgIpc) is 3.10. The summed E-state index contributed by atoms with van der Waals surface area (Å²) in [5.74, 6) is -1.06. The molecule has 3 heterocycles. The molecule has 132 valence electrons. The number of ether oxygens (including phenoxy) is 1. The Bertz CT molecular complexity index is 1010. The number of primary amides is 2. The van der Waals surface area contributed by atoms with Crippen molar-refractivity contribution in [3.63, 3.8) is 0 Å². The van der Waals surface area contributed by atoms with Gasteiger partial charge in [-0.2, -0.15) is 5.10 Å². The third-order valence-electron chi connectivity index (χ3n) is 4.54. The van der Waals surface area contributed by atoms with E-state index in [0.29, 0.717) is 22.5 Å². The number of rotatable bonds is 4. The molecule has 1 aliphatic rings. The highest BCUT2D eigenvalue weighted by atomic mass is 16.5. The minimum atomic E-state index is -0.614. The Hall–Kier alpha value is -3.55. The summed E-state index contributed by atoms with van der Waals surface area (Å²) in [6, 6.07) is 10.4. The van der Waals surface area contributed by atoms with Crippen molar-refractivity contribution in [1.82, 2.24) is 9.61 Å². The second kappa shape index (κ2) is 6.07. The summed E-state index contributed by atoms with van der Waals surface area (Å²) in [6.07, 6.45) is 3.15. The highest BCUT2D eigenvalue weighted by Crippen LogP contribution is 2.35. The van der Waals surface area contributed by atoms with Gasteiger partial charge in [0.25, 0.3) is 5.91 Å². The molecule has 8 heteroatoms. The third-order valence-corrected chi connectivity index (χ3v) is 4.54. The van der Waals surface area contributed by atoms with Crippen LogP contribution in [0.4, 0.5) is 5.69 Å². The molecule has 0 saturated heterocycles. The van der Waals surface area contributed by atoms with Crippen LogP contribution in [0.1, 0.15) is 21.8 Å². The van der Waals surface area contributed by atoms with Gasteiger partial charge in [0.05, 0.1) is 34.9 Å². The highest BCUT2D eigenvalue weighted by Gasteiger charge is 2.35. The van der Waals surface area contributed by atoms with E-state index in [1.165, 1.54) is 6.20 Å².